The summed E-state index contributed by atoms with van der Waals surface area (Å²) in [6, 6.07) is 0. The van der Waals surface area contributed by atoms with Crippen LogP contribution >= 0.6 is 11.6 Å². The molecular weight excluding hydrogens is 268 g/mol. The van der Waals surface area contributed by atoms with E-state index in [1.165, 1.54) is 51.4 Å². The zero-order chi connectivity index (χ0) is 14.9. The third-order valence-corrected chi connectivity index (χ3v) is 3.77. The second-order valence-electron chi connectivity index (χ2n) is 5.45. The normalized spacial score (nSPS) is 13.6. The Bertz CT molecular complexity index is 236. The predicted molar refractivity (Wildman–Crippen MR) is 91.5 cm³/mol. The number of aliphatic hydroxyl groups excluding tert-OH is 1. The van der Waals surface area contributed by atoms with Crippen molar-refractivity contribution in [1.29, 1.82) is 0 Å². The fourth-order valence-corrected chi connectivity index (χ4v) is 2.25. The average Bonchev–Trinajstić information content (AvgIpc) is 2.47. The Morgan fingerprint density at radius 1 is 0.850 bits per heavy atom. The van der Waals surface area contributed by atoms with Gasteiger partial charge in [-0.3, -0.25) is 0 Å². The van der Waals surface area contributed by atoms with E-state index < -0.39 is 0 Å². The molecule has 0 aliphatic heterocycles. The number of hydrogen-bond acceptors (Lipinski definition) is 1. The van der Waals surface area contributed by atoms with Crippen molar-refractivity contribution in [1.82, 2.24) is 0 Å². The molecule has 0 aromatic rings. The molecule has 0 aliphatic rings. The number of unbranched alkanes of at least 4 members (excludes halogenated alkanes) is 7. The minimum Gasteiger partial charge on any atom is -0.395 e. The Kier molecular flexibility index (Phi) is 16.6. The Morgan fingerprint density at radius 3 is 2.05 bits per heavy atom. The summed E-state index contributed by atoms with van der Waals surface area (Å²) in [6.45, 7) is 2.35. The lowest BCUT2D eigenvalue weighted by atomic mass is 10.1. The zero-order valence-corrected chi connectivity index (χ0v) is 14.0. The molecule has 0 heterocycles. The molecule has 0 bridgehead atoms. The van der Waals surface area contributed by atoms with Gasteiger partial charge in [-0.05, 0) is 38.5 Å². The van der Waals surface area contributed by atoms with Gasteiger partial charge >= 0.3 is 0 Å². The van der Waals surface area contributed by atoms with Crippen LogP contribution in [0.15, 0.2) is 24.3 Å². The first-order valence-electron chi connectivity index (χ1n) is 8.36. The molecule has 0 amide bonds. The monoisotopic (exact) mass is 300 g/mol. The van der Waals surface area contributed by atoms with Crippen LogP contribution < -0.4 is 0 Å². The first-order chi connectivity index (χ1) is 9.81. The smallest absolute Gasteiger partial charge is 0.0595 e. The van der Waals surface area contributed by atoms with E-state index in [-0.39, 0.29) is 12.0 Å². The maximum atomic E-state index is 8.79. The van der Waals surface area contributed by atoms with Gasteiger partial charge in [-0.1, -0.05) is 63.3 Å². The number of halogens is 1. The Hall–Kier alpha value is -0.270. The SMILES string of the molecule is CCCCCC=CCC=CCCCCCCC(Cl)CO. The van der Waals surface area contributed by atoms with Crippen LogP contribution in [0.2, 0.25) is 0 Å². The molecule has 0 saturated carbocycles. The third-order valence-electron chi connectivity index (χ3n) is 3.42. The minimum absolute atomic E-state index is 0.0426. The van der Waals surface area contributed by atoms with E-state index in [0.717, 1.165) is 19.3 Å². The van der Waals surface area contributed by atoms with Crippen LogP contribution in [-0.2, 0) is 0 Å². The number of hydrogen-bond donors (Lipinski definition) is 1. The maximum absolute atomic E-state index is 8.79. The van der Waals surface area contributed by atoms with Gasteiger partial charge in [0.15, 0.2) is 0 Å². The topological polar surface area (TPSA) is 20.2 Å². The van der Waals surface area contributed by atoms with Crippen molar-refractivity contribution in [2.75, 3.05) is 6.61 Å². The van der Waals surface area contributed by atoms with Crippen molar-refractivity contribution in [3.8, 4) is 0 Å². The summed E-state index contributed by atoms with van der Waals surface area (Å²) >= 11 is 5.85. The molecule has 0 fully saturated rings. The fourth-order valence-electron chi connectivity index (χ4n) is 2.09. The predicted octanol–water partition coefficient (Wildman–Crippen LogP) is 6.01. The van der Waals surface area contributed by atoms with Gasteiger partial charge in [0.25, 0.3) is 0 Å². The van der Waals surface area contributed by atoms with Crippen LogP contribution in [0.1, 0.15) is 77.6 Å². The zero-order valence-electron chi connectivity index (χ0n) is 13.2. The molecule has 0 aliphatic carbocycles. The molecule has 0 spiro atoms. The quantitative estimate of drug-likeness (QED) is 0.237. The molecular formula is C18H33ClO. The summed E-state index contributed by atoms with van der Waals surface area (Å²) in [5, 5.41) is 8.75. The van der Waals surface area contributed by atoms with Crippen molar-refractivity contribution in [3.63, 3.8) is 0 Å². The van der Waals surface area contributed by atoms with Crippen LogP contribution in [0.25, 0.3) is 0 Å². The molecule has 20 heavy (non-hydrogen) atoms. The highest BCUT2D eigenvalue weighted by Gasteiger charge is 2.00. The summed E-state index contributed by atoms with van der Waals surface area (Å²) in [5.74, 6) is 0. The molecule has 1 N–H and O–H groups in total. The van der Waals surface area contributed by atoms with Crippen LogP contribution in [-0.4, -0.2) is 17.1 Å². The highest BCUT2D eigenvalue weighted by atomic mass is 35.5. The van der Waals surface area contributed by atoms with Crippen LogP contribution in [0.5, 0.6) is 0 Å². The molecule has 2 heteroatoms. The van der Waals surface area contributed by atoms with E-state index in [1.54, 1.807) is 0 Å². The molecule has 1 nitrogen and oxygen atoms in total. The van der Waals surface area contributed by atoms with Gasteiger partial charge in [0.2, 0.25) is 0 Å². The lowest BCUT2D eigenvalue weighted by Gasteiger charge is -2.04. The maximum Gasteiger partial charge on any atom is 0.0595 e. The van der Waals surface area contributed by atoms with Gasteiger partial charge in [-0.15, -0.1) is 11.6 Å². The summed E-state index contributed by atoms with van der Waals surface area (Å²) in [4.78, 5) is 0. The molecule has 0 aromatic carbocycles. The number of aliphatic hydroxyl groups is 1. The van der Waals surface area contributed by atoms with Gasteiger partial charge in [0, 0.05) is 0 Å². The molecule has 1 unspecified atom stereocenters. The summed E-state index contributed by atoms with van der Waals surface area (Å²) in [7, 11) is 0. The Morgan fingerprint density at radius 2 is 1.45 bits per heavy atom. The van der Waals surface area contributed by atoms with Gasteiger partial charge in [0.1, 0.15) is 0 Å². The molecule has 118 valence electrons. The second kappa shape index (κ2) is 16.8. The van der Waals surface area contributed by atoms with Crippen LogP contribution in [0.4, 0.5) is 0 Å². The fraction of sp³-hybridized carbons (Fsp3) is 0.778. The lowest BCUT2D eigenvalue weighted by molar-refractivity contribution is 0.286. The van der Waals surface area contributed by atoms with Gasteiger partial charge < -0.3 is 5.11 Å². The largest absolute Gasteiger partial charge is 0.395 e. The highest BCUT2D eigenvalue weighted by molar-refractivity contribution is 6.20. The molecule has 0 rings (SSSR count). The first-order valence-corrected chi connectivity index (χ1v) is 8.79. The molecule has 1 atom stereocenters. The second-order valence-corrected chi connectivity index (χ2v) is 6.06. The van der Waals surface area contributed by atoms with Crippen LogP contribution in [0, 0.1) is 0 Å². The van der Waals surface area contributed by atoms with Gasteiger partial charge in [-0.25, -0.2) is 0 Å². The summed E-state index contributed by atoms with van der Waals surface area (Å²) in [6.07, 6.45) is 22.5. The van der Waals surface area contributed by atoms with E-state index in [2.05, 4.69) is 31.2 Å². The summed E-state index contributed by atoms with van der Waals surface area (Å²) in [5.41, 5.74) is 0. The standard InChI is InChI=1S/C18H33ClO/c1-2-3-4-5-6-7-8-9-10-11-12-13-14-15-16-18(19)17-20/h6-7,9-10,18,20H,2-5,8,11-17H2,1H3. The van der Waals surface area contributed by atoms with E-state index in [0.29, 0.717) is 0 Å². The Labute approximate surface area is 131 Å². The van der Waals surface area contributed by atoms with Gasteiger partial charge in [0.05, 0.1) is 12.0 Å². The summed E-state index contributed by atoms with van der Waals surface area (Å²) < 4.78 is 0. The molecule has 0 saturated heterocycles. The van der Waals surface area contributed by atoms with E-state index in [9.17, 15) is 0 Å². The molecule has 0 aromatic heterocycles. The third kappa shape index (κ3) is 15.8. The number of allylic oxidation sites excluding steroid dienone is 4. The Balaban J connectivity index is 3.19. The molecule has 0 radical (unpaired) electrons. The first kappa shape index (κ1) is 19.7. The van der Waals surface area contributed by atoms with Crippen molar-refractivity contribution in [3.05, 3.63) is 24.3 Å². The van der Waals surface area contributed by atoms with Gasteiger partial charge in [-0.2, -0.15) is 0 Å². The lowest BCUT2D eigenvalue weighted by Crippen LogP contribution is -2.03. The number of rotatable bonds is 14. The number of alkyl halides is 1. The average molecular weight is 301 g/mol. The highest BCUT2D eigenvalue weighted by Crippen LogP contribution is 2.11. The van der Waals surface area contributed by atoms with E-state index >= 15 is 0 Å². The van der Waals surface area contributed by atoms with Crippen molar-refractivity contribution >= 4 is 11.6 Å². The minimum atomic E-state index is -0.0426. The van der Waals surface area contributed by atoms with E-state index in [4.69, 9.17) is 16.7 Å². The van der Waals surface area contributed by atoms with Crippen LogP contribution in [0.3, 0.4) is 0 Å². The van der Waals surface area contributed by atoms with Crippen molar-refractivity contribution in [2.45, 2.75) is 82.9 Å². The van der Waals surface area contributed by atoms with Crippen molar-refractivity contribution < 1.29 is 5.11 Å². The van der Waals surface area contributed by atoms with E-state index in [1.807, 2.05) is 0 Å². The van der Waals surface area contributed by atoms with Crippen molar-refractivity contribution in [2.24, 2.45) is 0 Å².